The smallest absolute Gasteiger partial charge is 0.00886 e. The third-order valence-corrected chi connectivity index (χ3v) is 1.23. The molecule has 0 aliphatic rings. The summed E-state index contributed by atoms with van der Waals surface area (Å²) in [6, 6.07) is 0. The van der Waals surface area contributed by atoms with Crippen LogP contribution in [0.4, 0.5) is 0 Å². The van der Waals surface area contributed by atoms with Crippen molar-refractivity contribution in [1.82, 2.24) is 0 Å². The summed E-state index contributed by atoms with van der Waals surface area (Å²) in [6.45, 7) is 7.48. The maximum Gasteiger partial charge on any atom is 0.00886 e. The van der Waals surface area contributed by atoms with Crippen LogP contribution in [0.5, 0.6) is 0 Å². The van der Waals surface area contributed by atoms with Gasteiger partial charge in [0, 0.05) is 12.8 Å². The topological polar surface area (TPSA) is 0 Å². The van der Waals surface area contributed by atoms with E-state index < -0.39 is 0 Å². The summed E-state index contributed by atoms with van der Waals surface area (Å²) in [7, 11) is 0. The van der Waals surface area contributed by atoms with Crippen LogP contribution in [-0.2, 0) is 0 Å². The third kappa shape index (κ3) is 7.56. The number of hydrogen-bond acceptors (Lipinski definition) is 0. The van der Waals surface area contributed by atoms with E-state index in [1.807, 2.05) is 0 Å². The predicted octanol–water partition coefficient (Wildman–Crippen LogP) is 3.00. The Morgan fingerprint density at radius 1 is 0.800 bits per heavy atom. The van der Waals surface area contributed by atoms with Gasteiger partial charge in [-0.05, 0) is 12.8 Å². The lowest BCUT2D eigenvalue weighted by molar-refractivity contribution is 0.867. The van der Waals surface area contributed by atoms with Gasteiger partial charge in [0.1, 0.15) is 0 Å². The van der Waals surface area contributed by atoms with Crippen molar-refractivity contribution in [3.05, 3.63) is 13.8 Å². The first kappa shape index (κ1) is 9.56. The molecule has 0 aromatic carbocycles. The first-order valence-corrected chi connectivity index (χ1v) is 3.96. The standard InChI is InChI=1S/C10H16/c1-3-5-7-9-10-8-6-4-2/h1-8H2. The molecule has 0 aromatic rings. The largest absolute Gasteiger partial charge is 0.103 e. The van der Waals surface area contributed by atoms with Gasteiger partial charge >= 0.3 is 0 Å². The van der Waals surface area contributed by atoms with Gasteiger partial charge in [0.15, 0.2) is 0 Å². The highest BCUT2D eigenvalue weighted by Gasteiger charge is 1.77. The molecule has 0 atom stereocenters. The van der Waals surface area contributed by atoms with Crippen LogP contribution in [0.1, 0.15) is 38.5 Å². The Hall–Kier alpha value is -0.440. The van der Waals surface area contributed by atoms with Crippen LogP contribution >= 0.6 is 0 Å². The van der Waals surface area contributed by atoms with Crippen molar-refractivity contribution in [3.8, 4) is 11.8 Å². The average molecular weight is 136 g/mol. The van der Waals surface area contributed by atoms with Gasteiger partial charge in [0.2, 0.25) is 0 Å². The molecule has 0 N–H and O–H groups in total. The Morgan fingerprint density at radius 3 is 1.50 bits per heavy atom. The van der Waals surface area contributed by atoms with Crippen LogP contribution in [-0.4, -0.2) is 0 Å². The van der Waals surface area contributed by atoms with Gasteiger partial charge in [-0.15, -0.1) is 11.8 Å². The summed E-state index contributed by atoms with van der Waals surface area (Å²) >= 11 is 0. The molecule has 0 spiro atoms. The minimum atomic E-state index is 1.00. The molecule has 56 valence electrons. The molecule has 0 unspecified atom stereocenters. The molecule has 0 heteroatoms. The zero-order chi connectivity index (χ0) is 7.66. The van der Waals surface area contributed by atoms with Crippen molar-refractivity contribution in [2.24, 2.45) is 0 Å². The van der Waals surface area contributed by atoms with E-state index in [2.05, 4.69) is 25.7 Å². The van der Waals surface area contributed by atoms with Crippen molar-refractivity contribution in [2.45, 2.75) is 38.5 Å². The van der Waals surface area contributed by atoms with Crippen LogP contribution in [0.15, 0.2) is 0 Å². The van der Waals surface area contributed by atoms with E-state index in [4.69, 9.17) is 0 Å². The van der Waals surface area contributed by atoms with Crippen molar-refractivity contribution < 1.29 is 0 Å². The summed E-state index contributed by atoms with van der Waals surface area (Å²) < 4.78 is 0. The molecule has 0 heterocycles. The van der Waals surface area contributed by atoms with E-state index >= 15 is 0 Å². The first-order chi connectivity index (χ1) is 4.91. The highest BCUT2D eigenvalue weighted by molar-refractivity contribution is 4.98. The Balaban J connectivity index is 2.98. The fourth-order valence-electron chi connectivity index (χ4n) is 0.604. The molecule has 0 amide bonds. The van der Waals surface area contributed by atoms with Crippen molar-refractivity contribution >= 4 is 0 Å². The number of rotatable bonds is 4. The van der Waals surface area contributed by atoms with Crippen LogP contribution in [0.2, 0.25) is 0 Å². The minimum absolute atomic E-state index is 1.00. The molecule has 2 radical (unpaired) electrons. The highest BCUT2D eigenvalue weighted by Crippen LogP contribution is 1.93. The van der Waals surface area contributed by atoms with Crippen molar-refractivity contribution in [3.63, 3.8) is 0 Å². The van der Waals surface area contributed by atoms with E-state index in [9.17, 15) is 0 Å². The SMILES string of the molecule is [CH2]CCCC#CCCC[CH2]. The molecule has 0 nitrogen and oxygen atoms in total. The van der Waals surface area contributed by atoms with E-state index in [1.165, 1.54) is 0 Å². The predicted molar refractivity (Wildman–Crippen MR) is 46.2 cm³/mol. The van der Waals surface area contributed by atoms with Gasteiger partial charge < -0.3 is 0 Å². The van der Waals surface area contributed by atoms with Crippen LogP contribution in [0.25, 0.3) is 0 Å². The molecule has 0 fully saturated rings. The maximum atomic E-state index is 3.74. The fourth-order valence-corrected chi connectivity index (χ4v) is 0.604. The Labute approximate surface area is 65.0 Å². The van der Waals surface area contributed by atoms with Gasteiger partial charge in [-0.2, -0.15) is 0 Å². The quantitative estimate of drug-likeness (QED) is 0.411. The molecular formula is C10H16. The second kappa shape index (κ2) is 8.56. The molecule has 0 aliphatic carbocycles. The molecule has 0 saturated heterocycles. The lowest BCUT2D eigenvalue weighted by Gasteiger charge is -1.85. The minimum Gasteiger partial charge on any atom is -0.103 e. The summed E-state index contributed by atoms with van der Waals surface area (Å²) in [5.74, 6) is 6.21. The lowest BCUT2D eigenvalue weighted by atomic mass is 10.2. The Morgan fingerprint density at radius 2 is 1.20 bits per heavy atom. The molecule has 0 saturated carbocycles. The summed E-state index contributed by atoms with van der Waals surface area (Å²) in [5, 5.41) is 0. The molecule has 0 bridgehead atoms. The first-order valence-electron chi connectivity index (χ1n) is 3.96. The normalized spacial score (nSPS) is 8.60. The fraction of sp³-hybridized carbons (Fsp3) is 0.600. The monoisotopic (exact) mass is 136 g/mol. The summed E-state index contributed by atoms with van der Waals surface area (Å²) in [4.78, 5) is 0. The summed E-state index contributed by atoms with van der Waals surface area (Å²) in [5.41, 5.74) is 0. The highest BCUT2D eigenvalue weighted by atomic mass is 13.8. The summed E-state index contributed by atoms with van der Waals surface area (Å²) in [6.07, 6.45) is 6.31. The van der Waals surface area contributed by atoms with E-state index in [-0.39, 0.29) is 0 Å². The van der Waals surface area contributed by atoms with E-state index in [1.54, 1.807) is 0 Å². The molecule has 0 aromatic heterocycles. The Bertz CT molecular complexity index is 90.9. The van der Waals surface area contributed by atoms with Crippen LogP contribution in [0.3, 0.4) is 0 Å². The molecular weight excluding hydrogens is 120 g/mol. The van der Waals surface area contributed by atoms with Gasteiger partial charge in [-0.25, -0.2) is 0 Å². The van der Waals surface area contributed by atoms with Gasteiger partial charge in [-0.1, -0.05) is 26.7 Å². The number of hydrogen-bond donors (Lipinski definition) is 0. The van der Waals surface area contributed by atoms with E-state index in [0.29, 0.717) is 0 Å². The van der Waals surface area contributed by atoms with E-state index in [0.717, 1.165) is 38.5 Å². The van der Waals surface area contributed by atoms with Crippen molar-refractivity contribution in [1.29, 1.82) is 0 Å². The maximum absolute atomic E-state index is 3.74. The lowest BCUT2D eigenvalue weighted by Crippen LogP contribution is -1.69. The second-order valence-electron chi connectivity index (χ2n) is 2.27. The Kier molecular flexibility index (Phi) is 8.18. The second-order valence-corrected chi connectivity index (χ2v) is 2.27. The molecule has 10 heavy (non-hydrogen) atoms. The van der Waals surface area contributed by atoms with Crippen LogP contribution < -0.4 is 0 Å². The molecule has 0 rings (SSSR count). The zero-order valence-electron chi connectivity index (χ0n) is 6.66. The molecule has 0 aliphatic heterocycles. The van der Waals surface area contributed by atoms with Gasteiger partial charge in [0.05, 0.1) is 0 Å². The average Bonchev–Trinajstić information content (AvgIpc) is 1.97. The zero-order valence-corrected chi connectivity index (χ0v) is 6.66. The van der Waals surface area contributed by atoms with Crippen molar-refractivity contribution in [2.75, 3.05) is 0 Å². The third-order valence-electron chi connectivity index (χ3n) is 1.23. The van der Waals surface area contributed by atoms with Gasteiger partial charge in [-0.3, -0.25) is 0 Å². The van der Waals surface area contributed by atoms with Crippen LogP contribution in [0, 0.1) is 25.7 Å². The number of unbranched alkanes of at least 4 members (excludes halogenated alkanes) is 4. The van der Waals surface area contributed by atoms with Gasteiger partial charge in [0.25, 0.3) is 0 Å².